The first kappa shape index (κ1) is 11.8. The molecule has 0 aliphatic carbocycles. The van der Waals surface area contributed by atoms with Crippen LogP contribution in [0.15, 0.2) is 24.3 Å². The zero-order valence-electron chi connectivity index (χ0n) is 9.61. The molecule has 0 unspecified atom stereocenters. The molecule has 2 rings (SSSR count). The molecule has 0 atom stereocenters. The summed E-state index contributed by atoms with van der Waals surface area (Å²) in [4.78, 5) is 0. The van der Waals surface area contributed by atoms with E-state index in [9.17, 15) is 0 Å². The highest BCUT2D eigenvalue weighted by molar-refractivity contribution is 7.80. The van der Waals surface area contributed by atoms with Crippen molar-refractivity contribution in [1.29, 1.82) is 0 Å². The summed E-state index contributed by atoms with van der Waals surface area (Å²) in [6, 6.07) is 8.38. The number of ether oxygens (including phenoxy) is 2. The average Bonchev–Trinajstić information content (AvgIpc) is 2.25. The molecule has 0 N–H and O–H groups in total. The van der Waals surface area contributed by atoms with Gasteiger partial charge in [-0.05, 0) is 36.8 Å². The molecular formula is C13H18O2S. The third kappa shape index (κ3) is 2.20. The Morgan fingerprint density at radius 2 is 2.00 bits per heavy atom. The molecule has 1 aromatic carbocycles. The van der Waals surface area contributed by atoms with Gasteiger partial charge >= 0.3 is 0 Å². The van der Waals surface area contributed by atoms with Crippen LogP contribution in [0.25, 0.3) is 0 Å². The predicted molar refractivity (Wildman–Crippen MR) is 68.6 cm³/mol. The molecule has 2 nitrogen and oxygen atoms in total. The van der Waals surface area contributed by atoms with Crippen molar-refractivity contribution in [3.8, 4) is 5.75 Å². The van der Waals surface area contributed by atoms with Gasteiger partial charge in [0.15, 0.2) is 0 Å². The summed E-state index contributed by atoms with van der Waals surface area (Å²) in [7, 11) is 0. The lowest BCUT2D eigenvalue weighted by atomic mass is 9.76. The normalized spacial score (nSPS) is 17.9. The first-order chi connectivity index (χ1) is 7.80. The summed E-state index contributed by atoms with van der Waals surface area (Å²) >= 11 is 4.33. The van der Waals surface area contributed by atoms with Crippen molar-refractivity contribution in [1.82, 2.24) is 0 Å². The van der Waals surface area contributed by atoms with Crippen molar-refractivity contribution >= 4 is 12.6 Å². The molecule has 0 bridgehead atoms. The van der Waals surface area contributed by atoms with Gasteiger partial charge < -0.3 is 9.47 Å². The fourth-order valence-electron chi connectivity index (χ4n) is 2.09. The second kappa shape index (κ2) is 5.11. The Kier molecular flexibility index (Phi) is 3.77. The number of thiol groups is 1. The third-order valence-corrected chi connectivity index (χ3v) is 3.35. The van der Waals surface area contributed by atoms with Crippen LogP contribution in [0.4, 0.5) is 0 Å². The Balaban J connectivity index is 2.13. The Labute approximate surface area is 102 Å². The largest absolute Gasteiger partial charge is 0.494 e. The van der Waals surface area contributed by atoms with Crippen LogP contribution in [0.2, 0.25) is 0 Å². The quantitative estimate of drug-likeness (QED) is 0.795. The van der Waals surface area contributed by atoms with E-state index in [2.05, 4.69) is 24.8 Å². The van der Waals surface area contributed by atoms with E-state index in [0.29, 0.717) is 6.61 Å². The topological polar surface area (TPSA) is 18.5 Å². The van der Waals surface area contributed by atoms with Gasteiger partial charge in [-0.1, -0.05) is 12.1 Å². The molecule has 0 radical (unpaired) electrons. The lowest BCUT2D eigenvalue weighted by Crippen LogP contribution is -2.47. The van der Waals surface area contributed by atoms with Crippen molar-refractivity contribution in [2.45, 2.75) is 18.8 Å². The van der Waals surface area contributed by atoms with Crippen molar-refractivity contribution in [2.24, 2.45) is 0 Å². The van der Waals surface area contributed by atoms with Crippen LogP contribution < -0.4 is 4.74 Å². The summed E-state index contributed by atoms with van der Waals surface area (Å²) in [6.07, 6.45) is 1.07. The predicted octanol–water partition coefficient (Wildman–Crippen LogP) is 2.67. The summed E-state index contributed by atoms with van der Waals surface area (Å²) in [5, 5.41) is 0. The van der Waals surface area contributed by atoms with Crippen LogP contribution in [0.1, 0.15) is 18.9 Å². The van der Waals surface area contributed by atoms with E-state index < -0.39 is 0 Å². The standard InChI is InChI=1S/C13H18O2S/c1-2-15-12-5-3-11(4-6-12)13(7-8-16)9-14-10-13/h3-6,16H,2,7-10H2,1H3. The monoisotopic (exact) mass is 238 g/mol. The molecule has 1 saturated heterocycles. The molecule has 3 heteroatoms. The Bertz CT molecular complexity index is 330. The molecule has 1 aromatic rings. The summed E-state index contributed by atoms with van der Waals surface area (Å²) in [6.45, 7) is 4.35. The number of hydrogen-bond donors (Lipinski definition) is 1. The van der Waals surface area contributed by atoms with Crippen LogP contribution in [0.3, 0.4) is 0 Å². The van der Waals surface area contributed by atoms with Gasteiger partial charge in [0, 0.05) is 5.41 Å². The minimum Gasteiger partial charge on any atom is -0.494 e. The number of benzene rings is 1. The van der Waals surface area contributed by atoms with E-state index in [1.54, 1.807) is 0 Å². The molecule has 16 heavy (non-hydrogen) atoms. The summed E-state index contributed by atoms with van der Waals surface area (Å²) < 4.78 is 10.8. The van der Waals surface area contributed by atoms with Gasteiger partial charge in [-0.2, -0.15) is 12.6 Å². The maximum atomic E-state index is 5.44. The zero-order valence-corrected chi connectivity index (χ0v) is 10.5. The van der Waals surface area contributed by atoms with Gasteiger partial charge in [0.25, 0.3) is 0 Å². The maximum absolute atomic E-state index is 5.44. The lowest BCUT2D eigenvalue weighted by molar-refractivity contribution is -0.0613. The first-order valence-corrected chi connectivity index (χ1v) is 6.36. The van der Waals surface area contributed by atoms with Crippen LogP contribution in [0.5, 0.6) is 5.75 Å². The number of hydrogen-bond acceptors (Lipinski definition) is 3. The van der Waals surface area contributed by atoms with Crippen LogP contribution in [0, 0.1) is 0 Å². The number of rotatable bonds is 5. The molecule has 0 spiro atoms. The van der Waals surface area contributed by atoms with Gasteiger partial charge in [-0.15, -0.1) is 0 Å². The van der Waals surface area contributed by atoms with E-state index in [4.69, 9.17) is 9.47 Å². The highest BCUT2D eigenvalue weighted by atomic mass is 32.1. The second-order valence-electron chi connectivity index (χ2n) is 4.20. The zero-order chi connectivity index (χ0) is 11.4. The summed E-state index contributed by atoms with van der Waals surface area (Å²) in [5.41, 5.74) is 1.54. The highest BCUT2D eigenvalue weighted by Gasteiger charge is 2.39. The van der Waals surface area contributed by atoms with E-state index in [1.165, 1.54) is 5.56 Å². The van der Waals surface area contributed by atoms with Crippen LogP contribution in [-0.2, 0) is 10.2 Å². The van der Waals surface area contributed by atoms with Gasteiger partial charge in [-0.25, -0.2) is 0 Å². The van der Waals surface area contributed by atoms with Gasteiger partial charge in [-0.3, -0.25) is 0 Å². The van der Waals surface area contributed by atoms with Gasteiger partial charge in [0.2, 0.25) is 0 Å². The van der Waals surface area contributed by atoms with E-state index >= 15 is 0 Å². The van der Waals surface area contributed by atoms with Gasteiger partial charge in [0.05, 0.1) is 19.8 Å². The molecule has 0 amide bonds. The van der Waals surface area contributed by atoms with Crippen molar-refractivity contribution in [2.75, 3.05) is 25.6 Å². The van der Waals surface area contributed by atoms with E-state index in [0.717, 1.165) is 31.1 Å². The Morgan fingerprint density at radius 1 is 1.31 bits per heavy atom. The highest BCUT2D eigenvalue weighted by Crippen LogP contribution is 2.36. The fraction of sp³-hybridized carbons (Fsp3) is 0.538. The fourth-order valence-corrected chi connectivity index (χ4v) is 2.52. The Morgan fingerprint density at radius 3 is 2.44 bits per heavy atom. The third-order valence-electron chi connectivity index (χ3n) is 3.12. The van der Waals surface area contributed by atoms with Crippen molar-refractivity contribution < 1.29 is 9.47 Å². The summed E-state index contributed by atoms with van der Waals surface area (Å²) in [5.74, 6) is 1.84. The van der Waals surface area contributed by atoms with Gasteiger partial charge in [0.1, 0.15) is 5.75 Å². The molecule has 1 aliphatic heterocycles. The van der Waals surface area contributed by atoms with Crippen molar-refractivity contribution in [3.05, 3.63) is 29.8 Å². The molecule has 1 aliphatic rings. The minimum absolute atomic E-state index is 0.201. The minimum atomic E-state index is 0.201. The van der Waals surface area contributed by atoms with Crippen LogP contribution >= 0.6 is 12.6 Å². The molecule has 0 saturated carbocycles. The van der Waals surface area contributed by atoms with E-state index in [-0.39, 0.29) is 5.41 Å². The molecular weight excluding hydrogens is 220 g/mol. The maximum Gasteiger partial charge on any atom is 0.119 e. The lowest BCUT2D eigenvalue weighted by Gasteiger charge is -2.42. The second-order valence-corrected chi connectivity index (χ2v) is 4.65. The van der Waals surface area contributed by atoms with E-state index in [1.807, 2.05) is 19.1 Å². The smallest absolute Gasteiger partial charge is 0.119 e. The average molecular weight is 238 g/mol. The van der Waals surface area contributed by atoms with Crippen molar-refractivity contribution in [3.63, 3.8) is 0 Å². The molecule has 1 heterocycles. The molecule has 1 fully saturated rings. The first-order valence-electron chi connectivity index (χ1n) is 5.73. The SMILES string of the molecule is CCOc1ccc(C2(CCS)COC2)cc1. The Hall–Kier alpha value is -0.670. The molecule has 88 valence electrons. The molecule has 0 aromatic heterocycles. The van der Waals surface area contributed by atoms with Crippen LogP contribution in [-0.4, -0.2) is 25.6 Å².